The molecule has 1 rings (SSSR count). The number of rotatable bonds is 6. The highest BCUT2D eigenvalue weighted by molar-refractivity contribution is 5.78. The maximum absolute atomic E-state index is 11.7. The summed E-state index contributed by atoms with van der Waals surface area (Å²) < 4.78 is 0. The Morgan fingerprint density at radius 1 is 1.44 bits per heavy atom. The van der Waals surface area contributed by atoms with E-state index in [9.17, 15) is 4.79 Å². The minimum atomic E-state index is 0.172. The molecule has 0 saturated carbocycles. The van der Waals surface area contributed by atoms with Gasteiger partial charge in [-0.1, -0.05) is 19.8 Å². The van der Waals surface area contributed by atoms with Gasteiger partial charge in [-0.2, -0.15) is 0 Å². The first-order valence-electron chi connectivity index (χ1n) is 6.44. The Balaban J connectivity index is 2.13. The van der Waals surface area contributed by atoms with Crippen LogP contribution in [0, 0.1) is 0 Å². The normalized spacial score (nSPS) is 19.4. The molecule has 4 heteroatoms. The lowest BCUT2D eigenvalue weighted by Crippen LogP contribution is -2.48. The maximum Gasteiger partial charge on any atom is 0.234 e. The van der Waals surface area contributed by atoms with Crippen molar-refractivity contribution in [3.8, 4) is 0 Å². The van der Waals surface area contributed by atoms with E-state index < -0.39 is 0 Å². The van der Waals surface area contributed by atoms with Crippen LogP contribution in [-0.4, -0.2) is 49.6 Å². The number of carbonyl (C=O) groups is 1. The quantitative estimate of drug-likeness (QED) is 0.698. The lowest BCUT2D eigenvalue weighted by Gasteiger charge is -2.27. The van der Waals surface area contributed by atoms with Gasteiger partial charge in [0.15, 0.2) is 0 Å². The molecule has 0 radical (unpaired) electrons. The highest BCUT2D eigenvalue weighted by atomic mass is 16.2. The molecule has 1 saturated heterocycles. The van der Waals surface area contributed by atoms with Crippen molar-refractivity contribution >= 4 is 5.91 Å². The molecule has 1 atom stereocenters. The van der Waals surface area contributed by atoms with Gasteiger partial charge >= 0.3 is 0 Å². The van der Waals surface area contributed by atoms with Crippen molar-refractivity contribution in [2.24, 2.45) is 0 Å². The van der Waals surface area contributed by atoms with Gasteiger partial charge in [0.2, 0.25) is 5.91 Å². The predicted molar refractivity (Wildman–Crippen MR) is 66.4 cm³/mol. The summed E-state index contributed by atoms with van der Waals surface area (Å²) in [6, 6.07) is 0.315. The summed E-state index contributed by atoms with van der Waals surface area (Å²) in [4.78, 5) is 13.9. The topological polar surface area (TPSA) is 44.4 Å². The molecular weight excluding hydrogens is 202 g/mol. The fourth-order valence-electron chi connectivity index (χ4n) is 1.98. The maximum atomic E-state index is 11.7. The number of hydrogen-bond acceptors (Lipinski definition) is 3. The number of carbonyl (C=O) groups excluding carboxylic acids is 1. The molecule has 0 spiro atoms. The molecule has 1 aliphatic rings. The van der Waals surface area contributed by atoms with Crippen LogP contribution in [0.15, 0.2) is 0 Å². The van der Waals surface area contributed by atoms with Gasteiger partial charge in [-0.3, -0.25) is 9.69 Å². The van der Waals surface area contributed by atoms with Crippen molar-refractivity contribution < 1.29 is 4.79 Å². The van der Waals surface area contributed by atoms with Crippen LogP contribution in [0.3, 0.4) is 0 Å². The monoisotopic (exact) mass is 227 g/mol. The first-order valence-corrected chi connectivity index (χ1v) is 6.44. The summed E-state index contributed by atoms with van der Waals surface area (Å²) in [5.41, 5.74) is 0. The molecule has 1 unspecified atom stereocenters. The largest absolute Gasteiger partial charge is 0.353 e. The third kappa shape index (κ3) is 5.47. The molecule has 1 amide bonds. The van der Waals surface area contributed by atoms with Crippen LogP contribution >= 0.6 is 0 Å². The average Bonchev–Trinajstić information content (AvgIpc) is 2.27. The summed E-state index contributed by atoms with van der Waals surface area (Å²) in [6.07, 6.45) is 3.47. The van der Waals surface area contributed by atoms with Gasteiger partial charge in [-0.05, 0) is 13.3 Å². The smallest absolute Gasteiger partial charge is 0.234 e. The molecule has 0 aromatic rings. The van der Waals surface area contributed by atoms with Crippen LogP contribution in [-0.2, 0) is 4.79 Å². The summed E-state index contributed by atoms with van der Waals surface area (Å²) in [7, 11) is 0. The van der Waals surface area contributed by atoms with Gasteiger partial charge in [0.05, 0.1) is 6.54 Å². The SMILES string of the molecule is CCCCC(C)NC(=O)CN1CCNCC1. The summed E-state index contributed by atoms with van der Waals surface area (Å²) in [5, 5.41) is 6.34. The van der Waals surface area contributed by atoms with Crippen molar-refractivity contribution in [1.29, 1.82) is 0 Å². The van der Waals surface area contributed by atoms with Crippen molar-refractivity contribution in [3.05, 3.63) is 0 Å². The number of amides is 1. The fourth-order valence-corrected chi connectivity index (χ4v) is 1.98. The summed E-state index contributed by atoms with van der Waals surface area (Å²) >= 11 is 0. The standard InChI is InChI=1S/C12H25N3O/c1-3-4-5-11(2)14-12(16)10-15-8-6-13-7-9-15/h11,13H,3-10H2,1-2H3,(H,14,16). The van der Waals surface area contributed by atoms with Crippen LogP contribution < -0.4 is 10.6 Å². The van der Waals surface area contributed by atoms with Crippen LogP contribution in [0.5, 0.6) is 0 Å². The number of nitrogens with one attached hydrogen (secondary N) is 2. The second-order valence-electron chi connectivity index (χ2n) is 4.64. The first kappa shape index (κ1) is 13.5. The van der Waals surface area contributed by atoms with E-state index in [0.29, 0.717) is 12.6 Å². The lowest BCUT2D eigenvalue weighted by molar-refractivity contribution is -0.123. The van der Waals surface area contributed by atoms with E-state index in [-0.39, 0.29) is 5.91 Å². The van der Waals surface area contributed by atoms with E-state index in [2.05, 4.69) is 29.4 Å². The van der Waals surface area contributed by atoms with Crippen LogP contribution in [0.25, 0.3) is 0 Å². The molecule has 94 valence electrons. The molecule has 1 heterocycles. The van der Waals surface area contributed by atoms with Gasteiger partial charge in [0, 0.05) is 32.2 Å². The molecule has 0 aliphatic carbocycles. The second-order valence-corrected chi connectivity index (χ2v) is 4.64. The lowest BCUT2D eigenvalue weighted by atomic mass is 10.1. The number of unbranched alkanes of at least 4 members (excludes halogenated alkanes) is 1. The van der Waals surface area contributed by atoms with Crippen molar-refractivity contribution in [1.82, 2.24) is 15.5 Å². The number of piperazine rings is 1. The van der Waals surface area contributed by atoms with E-state index in [0.717, 1.165) is 32.6 Å². The van der Waals surface area contributed by atoms with Crippen LogP contribution in [0.1, 0.15) is 33.1 Å². The molecule has 16 heavy (non-hydrogen) atoms. The third-order valence-electron chi connectivity index (χ3n) is 2.97. The Kier molecular flexibility index (Phi) is 6.42. The Labute approximate surface area is 98.8 Å². The van der Waals surface area contributed by atoms with Gasteiger partial charge in [-0.15, -0.1) is 0 Å². The summed E-state index contributed by atoms with van der Waals surface area (Å²) in [5.74, 6) is 0.172. The number of hydrogen-bond donors (Lipinski definition) is 2. The van der Waals surface area contributed by atoms with Gasteiger partial charge < -0.3 is 10.6 Å². The Hall–Kier alpha value is -0.610. The molecule has 2 N–H and O–H groups in total. The zero-order valence-electron chi connectivity index (χ0n) is 10.6. The van der Waals surface area contributed by atoms with E-state index in [1.807, 2.05) is 0 Å². The second kappa shape index (κ2) is 7.63. The molecule has 1 fully saturated rings. The molecule has 0 aromatic heterocycles. The highest BCUT2D eigenvalue weighted by Gasteiger charge is 2.14. The van der Waals surface area contributed by atoms with E-state index >= 15 is 0 Å². The van der Waals surface area contributed by atoms with E-state index in [1.54, 1.807) is 0 Å². The van der Waals surface area contributed by atoms with E-state index in [4.69, 9.17) is 0 Å². The van der Waals surface area contributed by atoms with E-state index in [1.165, 1.54) is 12.8 Å². The molecule has 1 aliphatic heterocycles. The molecule has 0 bridgehead atoms. The van der Waals surface area contributed by atoms with Crippen LogP contribution in [0.4, 0.5) is 0 Å². The number of nitrogens with zero attached hydrogens (tertiary/aromatic N) is 1. The van der Waals surface area contributed by atoms with Crippen molar-refractivity contribution in [3.63, 3.8) is 0 Å². The van der Waals surface area contributed by atoms with Crippen molar-refractivity contribution in [2.45, 2.75) is 39.2 Å². The third-order valence-corrected chi connectivity index (χ3v) is 2.97. The van der Waals surface area contributed by atoms with Crippen molar-refractivity contribution in [2.75, 3.05) is 32.7 Å². The molecular formula is C12H25N3O. The highest BCUT2D eigenvalue weighted by Crippen LogP contribution is 1.99. The van der Waals surface area contributed by atoms with Gasteiger partial charge in [0.25, 0.3) is 0 Å². The summed E-state index contributed by atoms with van der Waals surface area (Å²) in [6.45, 7) is 8.78. The molecule has 4 nitrogen and oxygen atoms in total. The Morgan fingerprint density at radius 3 is 2.75 bits per heavy atom. The predicted octanol–water partition coefficient (Wildman–Crippen LogP) is 0.587. The zero-order chi connectivity index (χ0) is 11.8. The van der Waals surface area contributed by atoms with Crippen LogP contribution in [0.2, 0.25) is 0 Å². The Morgan fingerprint density at radius 2 is 2.12 bits per heavy atom. The Bertz CT molecular complexity index is 202. The minimum Gasteiger partial charge on any atom is -0.353 e. The molecule has 0 aromatic carbocycles. The van der Waals surface area contributed by atoms with Gasteiger partial charge in [-0.25, -0.2) is 0 Å². The average molecular weight is 227 g/mol. The van der Waals surface area contributed by atoms with Gasteiger partial charge in [0.1, 0.15) is 0 Å². The first-order chi connectivity index (χ1) is 7.72. The minimum absolute atomic E-state index is 0.172. The zero-order valence-corrected chi connectivity index (χ0v) is 10.6. The fraction of sp³-hybridized carbons (Fsp3) is 0.917.